The average molecular weight is 234 g/mol. The van der Waals surface area contributed by atoms with E-state index in [0.717, 1.165) is 32.0 Å². The molecule has 1 aliphatic rings. The van der Waals surface area contributed by atoms with E-state index >= 15 is 0 Å². The number of hydrogen-bond donors (Lipinski definition) is 0. The molecule has 0 radical (unpaired) electrons. The van der Waals surface area contributed by atoms with Crippen LogP contribution in [0.25, 0.3) is 0 Å². The highest BCUT2D eigenvalue weighted by atomic mass is 16.5. The third-order valence-corrected chi connectivity index (χ3v) is 2.54. The van der Waals surface area contributed by atoms with Crippen LogP contribution in [0, 0.1) is 5.92 Å². The van der Waals surface area contributed by atoms with Crippen molar-refractivity contribution in [2.45, 2.75) is 13.8 Å². The molecule has 1 heterocycles. The van der Waals surface area contributed by atoms with Gasteiger partial charge in [0.15, 0.2) is 0 Å². The van der Waals surface area contributed by atoms with Gasteiger partial charge in [-0.15, -0.1) is 0 Å². The third-order valence-electron chi connectivity index (χ3n) is 2.54. The second-order valence-corrected chi connectivity index (χ2v) is 4.25. The van der Waals surface area contributed by atoms with Gasteiger partial charge in [-0.25, -0.2) is 0 Å². The maximum Gasteiger partial charge on any atom is 0.0642 e. The van der Waals surface area contributed by atoms with E-state index in [1.807, 2.05) is 6.08 Å². The highest BCUT2D eigenvalue weighted by Crippen LogP contribution is 2.03. The molecule has 0 aliphatic carbocycles. The van der Waals surface area contributed by atoms with Crippen molar-refractivity contribution in [3.63, 3.8) is 0 Å². The van der Waals surface area contributed by atoms with Gasteiger partial charge in [-0.3, -0.25) is 4.99 Å². The standard InChI is InChI=1S/C14H22N2O/c1-4-5-7-15-14(13(2)3)6-8-16-9-11-17-12-10-16/h4-8,13H,1,9-12H2,2-3H3/b7-5-,8-6+,15-14+. The first-order chi connectivity index (χ1) is 8.24. The lowest BCUT2D eigenvalue weighted by atomic mass is 10.1. The molecule has 0 bridgehead atoms. The minimum atomic E-state index is 0.418. The lowest BCUT2D eigenvalue weighted by Gasteiger charge is -2.25. The summed E-state index contributed by atoms with van der Waals surface area (Å²) in [6.07, 6.45) is 9.55. The quantitative estimate of drug-likeness (QED) is 0.539. The second-order valence-electron chi connectivity index (χ2n) is 4.25. The first-order valence-electron chi connectivity index (χ1n) is 6.09. The van der Waals surface area contributed by atoms with Gasteiger partial charge in [0.05, 0.1) is 13.2 Å². The Morgan fingerprint density at radius 2 is 2.06 bits per heavy atom. The van der Waals surface area contributed by atoms with Crippen LogP contribution >= 0.6 is 0 Å². The van der Waals surface area contributed by atoms with Gasteiger partial charge < -0.3 is 9.64 Å². The van der Waals surface area contributed by atoms with Crippen LogP contribution in [-0.4, -0.2) is 36.9 Å². The topological polar surface area (TPSA) is 24.8 Å². The molecular formula is C14H22N2O. The van der Waals surface area contributed by atoms with E-state index < -0.39 is 0 Å². The molecule has 94 valence electrons. The van der Waals surface area contributed by atoms with E-state index in [0.29, 0.717) is 5.92 Å². The van der Waals surface area contributed by atoms with Crippen molar-refractivity contribution < 1.29 is 4.74 Å². The zero-order chi connectivity index (χ0) is 12.5. The Labute approximate surface area is 104 Å². The fraction of sp³-hybridized carbons (Fsp3) is 0.500. The van der Waals surface area contributed by atoms with Crippen LogP contribution < -0.4 is 0 Å². The van der Waals surface area contributed by atoms with Crippen LogP contribution in [0.4, 0.5) is 0 Å². The molecule has 1 saturated heterocycles. The summed E-state index contributed by atoms with van der Waals surface area (Å²) in [5.41, 5.74) is 1.08. The van der Waals surface area contributed by atoms with Gasteiger partial charge in [-0.05, 0) is 18.1 Å². The number of morpholine rings is 1. The van der Waals surface area contributed by atoms with E-state index in [1.54, 1.807) is 12.3 Å². The largest absolute Gasteiger partial charge is 0.378 e. The van der Waals surface area contributed by atoms with E-state index in [-0.39, 0.29) is 0 Å². The minimum Gasteiger partial charge on any atom is -0.378 e. The molecule has 0 aromatic rings. The van der Waals surface area contributed by atoms with Crippen LogP contribution in [0.5, 0.6) is 0 Å². The van der Waals surface area contributed by atoms with E-state index in [4.69, 9.17) is 4.74 Å². The van der Waals surface area contributed by atoms with Crippen LogP contribution in [0.15, 0.2) is 42.2 Å². The van der Waals surface area contributed by atoms with Crippen molar-refractivity contribution in [3.8, 4) is 0 Å². The van der Waals surface area contributed by atoms with Crippen LogP contribution in [-0.2, 0) is 4.74 Å². The number of nitrogens with zero attached hydrogens (tertiary/aromatic N) is 2. The van der Waals surface area contributed by atoms with Gasteiger partial charge in [0.1, 0.15) is 0 Å². The van der Waals surface area contributed by atoms with E-state index in [9.17, 15) is 0 Å². The first kappa shape index (κ1) is 13.7. The fourth-order valence-electron chi connectivity index (χ4n) is 1.48. The molecule has 0 aromatic carbocycles. The molecule has 0 atom stereocenters. The van der Waals surface area contributed by atoms with Gasteiger partial charge in [0, 0.05) is 31.2 Å². The van der Waals surface area contributed by atoms with Crippen molar-refractivity contribution in [1.82, 2.24) is 4.90 Å². The molecule has 1 aliphatic heterocycles. The number of ether oxygens (including phenoxy) is 1. The van der Waals surface area contributed by atoms with Gasteiger partial charge in [0.25, 0.3) is 0 Å². The molecule has 3 nitrogen and oxygen atoms in total. The Balaban J connectivity index is 2.58. The first-order valence-corrected chi connectivity index (χ1v) is 6.09. The smallest absolute Gasteiger partial charge is 0.0642 e. The SMILES string of the molecule is C=C\C=C/N=C(\C=C\N1CCOCC1)C(C)C. The van der Waals surface area contributed by atoms with E-state index in [1.165, 1.54) is 0 Å². The zero-order valence-corrected chi connectivity index (χ0v) is 10.8. The predicted molar refractivity (Wildman–Crippen MR) is 73.1 cm³/mol. The molecule has 0 N–H and O–H groups in total. The number of aliphatic imine (C=N–C) groups is 1. The molecule has 0 amide bonds. The van der Waals surface area contributed by atoms with Crippen molar-refractivity contribution >= 4 is 5.71 Å². The zero-order valence-electron chi connectivity index (χ0n) is 10.8. The highest BCUT2D eigenvalue weighted by molar-refractivity contribution is 5.96. The summed E-state index contributed by atoms with van der Waals surface area (Å²) in [7, 11) is 0. The maximum absolute atomic E-state index is 5.31. The lowest BCUT2D eigenvalue weighted by molar-refractivity contribution is 0.0594. The lowest BCUT2D eigenvalue weighted by Crippen LogP contribution is -2.32. The van der Waals surface area contributed by atoms with Crippen molar-refractivity contribution in [2.24, 2.45) is 10.9 Å². The summed E-state index contributed by atoms with van der Waals surface area (Å²) in [4.78, 5) is 6.68. The average Bonchev–Trinajstić information content (AvgIpc) is 2.34. The molecule has 1 rings (SSSR count). The summed E-state index contributed by atoms with van der Waals surface area (Å²) >= 11 is 0. The molecule has 17 heavy (non-hydrogen) atoms. The molecule has 1 fully saturated rings. The minimum absolute atomic E-state index is 0.418. The Morgan fingerprint density at radius 3 is 2.65 bits per heavy atom. The summed E-state index contributed by atoms with van der Waals surface area (Å²) in [5, 5.41) is 0. The van der Waals surface area contributed by atoms with Crippen molar-refractivity contribution in [1.29, 1.82) is 0 Å². The normalized spacial score (nSPS) is 18.5. The van der Waals surface area contributed by atoms with Crippen LogP contribution in [0.2, 0.25) is 0 Å². The van der Waals surface area contributed by atoms with Crippen LogP contribution in [0.3, 0.4) is 0 Å². The van der Waals surface area contributed by atoms with Crippen molar-refractivity contribution in [2.75, 3.05) is 26.3 Å². The van der Waals surface area contributed by atoms with Crippen molar-refractivity contribution in [3.05, 3.63) is 37.2 Å². The number of rotatable bonds is 5. The molecular weight excluding hydrogens is 212 g/mol. The monoisotopic (exact) mass is 234 g/mol. The number of hydrogen-bond acceptors (Lipinski definition) is 3. The Morgan fingerprint density at radius 1 is 1.35 bits per heavy atom. The Hall–Kier alpha value is -1.35. The molecule has 0 spiro atoms. The summed E-state index contributed by atoms with van der Waals surface area (Å²) in [5.74, 6) is 0.418. The fourth-order valence-corrected chi connectivity index (χ4v) is 1.48. The third kappa shape index (κ3) is 5.50. The van der Waals surface area contributed by atoms with Crippen LogP contribution in [0.1, 0.15) is 13.8 Å². The van der Waals surface area contributed by atoms with E-state index in [2.05, 4.69) is 42.6 Å². The Kier molecular flexibility index (Phi) is 6.33. The number of allylic oxidation sites excluding steroid dienone is 3. The highest BCUT2D eigenvalue weighted by Gasteiger charge is 2.06. The molecule has 3 heteroatoms. The summed E-state index contributed by atoms with van der Waals surface area (Å²) in [6, 6.07) is 0. The predicted octanol–water partition coefficient (Wildman–Crippen LogP) is 2.63. The summed E-state index contributed by atoms with van der Waals surface area (Å²) in [6.45, 7) is 11.5. The Bertz CT molecular complexity index is 310. The second kappa shape index (κ2) is 7.85. The van der Waals surface area contributed by atoms with Gasteiger partial charge in [0.2, 0.25) is 0 Å². The van der Waals surface area contributed by atoms with Gasteiger partial charge >= 0.3 is 0 Å². The molecule has 0 saturated carbocycles. The summed E-state index contributed by atoms with van der Waals surface area (Å²) < 4.78 is 5.31. The molecule has 0 unspecified atom stereocenters. The van der Waals surface area contributed by atoms with Gasteiger partial charge in [-0.1, -0.05) is 26.5 Å². The maximum atomic E-state index is 5.31. The van der Waals surface area contributed by atoms with Gasteiger partial charge in [-0.2, -0.15) is 0 Å². The molecule has 0 aromatic heterocycles.